The summed E-state index contributed by atoms with van der Waals surface area (Å²) in [6.45, 7) is 1.57. The zero-order valence-corrected chi connectivity index (χ0v) is 17.8. The van der Waals surface area contributed by atoms with Crippen molar-refractivity contribution in [3.8, 4) is 5.75 Å². The van der Waals surface area contributed by atoms with Gasteiger partial charge < -0.3 is 15.2 Å². The van der Waals surface area contributed by atoms with Crippen LogP contribution in [0.1, 0.15) is 27.9 Å². The maximum Gasteiger partial charge on any atom is 0.251 e. The minimum absolute atomic E-state index is 0.132. The van der Waals surface area contributed by atoms with E-state index in [9.17, 15) is 9.90 Å². The Morgan fingerprint density at radius 3 is 2.59 bits per heavy atom. The van der Waals surface area contributed by atoms with Crippen molar-refractivity contribution >= 4 is 5.91 Å². The van der Waals surface area contributed by atoms with E-state index in [1.807, 2.05) is 30.3 Å². The summed E-state index contributed by atoms with van der Waals surface area (Å²) in [5, 5.41) is 14.5. The number of nitrogens with zero attached hydrogens (tertiary/aromatic N) is 2. The first kappa shape index (κ1) is 20.7. The maximum absolute atomic E-state index is 12.9. The van der Waals surface area contributed by atoms with Crippen molar-refractivity contribution in [2.45, 2.75) is 43.7 Å². The number of amides is 1. The molecule has 0 radical (unpaired) electrons. The highest BCUT2D eigenvalue weighted by atomic mass is 16.5. The molecule has 2 N–H and O–H groups in total. The number of carbonyl (C=O) groups is 1. The van der Waals surface area contributed by atoms with Crippen LogP contribution < -0.4 is 10.1 Å². The Kier molecular flexibility index (Phi) is 5.88. The van der Waals surface area contributed by atoms with Crippen LogP contribution in [0, 0.1) is 0 Å². The molecule has 0 saturated heterocycles. The summed E-state index contributed by atoms with van der Waals surface area (Å²) in [6.07, 6.45) is 3.62. The summed E-state index contributed by atoms with van der Waals surface area (Å²) in [4.78, 5) is 19.3. The predicted molar refractivity (Wildman–Crippen MR) is 121 cm³/mol. The molecule has 3 aromatic rings. The molecule has 1 aromatic heterocycles. The lowest BCUT2D eigenvalue weighted by Crippen LogP contribution is -2.54. The van der Waals surface area contributed by atoms with Gasteiger partial charge in [0.1, 0.15) is 18.0 Å². The zero-order chi connectivity index (χ0) is 21.9. The number of ether oxygens (including phenoxy) is 1. The van der Waals surface area contributed by atoms with E-state index in [0.717, 1.165) is 19.5 Å². The van der Waals surface area contributed by atoms with Gasteiger partial charge in [-0.05, 0) is 41.8 Å². The lowest BCUT2D eigenvalue weighted by atomic mass is 9.97. The van der Waals surface area contributed by atoms with Gasteiger partial charge in [0.25, 0.3) is 5.91 Å². The van der Waals surface area contributed by atoms with Crippen molar-refractivity contribution in [3.63, 3.8) is 0 Å². The maximum atomic E-state index is 12.9. The van der Waals surface area contributed by atoms with Gasteiger partial charge in [-0.25, -0.2) is 0 Å². The number of aliphatic hydroxyl groups excluding tert-OH is 1. The molecule has 4 atom stereocenters. The van der Waals surface area contributed by atoms with Gasteiger partial charge in [0.05, 0.1) is 18.3 Å². The van der Waals surface area contributed by atoms with Crippen LogP contribution in [0.4, 0.5) is 0 Å². The number of benzene rings is 2. The van der Waals surface area contributed by atoms with Crippen LogP contribution in [-0.2, 0) is 13.0 Å². The first-order chi connectivity index (χ1) is 15.7. The number of nitrogens with one attached hydrogen (secondary N) is 1. The van der Waals surface area contributed by atoms with Crippen molar-refractivity contribution in [1.29, 1.82) is 0 Å². The largest absolute Gasteiger partial charge is 0.486 e. The van der Waals surface area contributed by atoms with Gasteiger partial charge in [-0.3, -0.25) is 14.7 Å². The Morgan fingerprint density at radius 1 is 1.03 bits per heavy atom. The third kappa shape index (κ3) is 4.24. The van der Waals surface area contributed by atoms with E-state index < -0.39 is 12.2 Å². The molecule has 2 heterocycles. The normalized spacial score (nSPS) is 25.2. The van der Waals surface area contributed by atoms with Crippen LogP contribution in [0.3, 0.4) is 0 Å². The van der Waals surface area contributed by atoms with Crippen LogP contribution in [0.2, 0.25) is 0 Å². The Balaban J connectivity index is 1.39. The molecule has 5 rings (SSSR count). The average molecular weight is 430 g/mol. The molecule has 6 heteroatoms. The highest BCUT2D eigenvalue weighted by molar-refractivity contribution is 5.94. The second-order valence-electron chi connectivity index (χ2n) is 8.50. The molecule has 164 valence electrons. The average Bonchev–Trinajstić information content (AvgIpc) is 3.14. The van der Waals surface area contributed by atoms with Crippen LogP contribution in [-0.4, -0.2) is 51.7 Å². The summed E-state index contributed by atoms with van der Waals surface area (Å²) >= 11 is 0. The fraction of sp³-hybridized carbons (Fsp3) is 0.308. The standard InChI is InChI=1S/C26H27N3O3/c30-25-23(32-21-11-6-13-27-16-21)15-22(28-26(31)19-8-2-1-3-9-19)24(25)29-14-12-18-7-4-5-10-20(18)17-29/h1-11,13,16,22-25,30H,12,14-15,17H2,(H,28,31)/t22-,23-,24+,25+/m1/s1. The Labute approximate surface area is 187 Å². The highest BCUT2D eigenvalue weighted by Crippen LogP contribution is 2.32. The van der Waals surface area contributed by atoms with Crippen molar-refractivity contribution in [1.82, 2.24) is 15.2 Å². The number of hydrogen-bond donors (Lipinski definition) is 2. The van der Waals surface area contributed by atoms with Gasteiger partial charge in [0, 0.05) is 31.3 Å². The van der Waals surface area contributed by atoms with Crippen LogP contribution in [0.5, 0.6) is 5.75 Å². The molecule has 0 bridgehead atoms. The third-order valence-corrected chi connectivity index (χ3v) is 6.49. The van der Waals surface area contributed by atoms with E-state index >= 15 is 0 Å². The molecular weight excluding hydrogens is 402 g/mol. The molecule has 0 unspecified atom stereocenters. The summed E-state index contributed by atoms with van der Waals surface area (Å²) in [5.74, 6) is 0.488. The second kappa shape index (κ2) is 9.10. The molecule has 1 saturated carbocycles. The number of carbonyl (C=O) groups excluding carboxylic acids is 1. The summed E-state index contributed by atoms with van der Waals surface area (Å²) < 4.78 is 6.11. The van der Waals surface area contributed by atoms with Gasteiger partial charge in [-0.15, -0.1) is 0 Å². The molecule has 1 aliphatic heterocycles. The smallest absolute Gasteiger partial charge is 0.251 e. The number of rotatable bonds is 5. The fourth-order valence-corrected chi connectivity index (χ4v) is 4.92. The van der Waals surface area contributed by atoms with Gasteiger partial charge in [0.15, 0.2) is 0 Å². The van der Waals surface area contributed by atoms with E-state index in [2.05, 4.69) is 39.5 Å². The minimum atomic E-state index is -0.735. The molecule has 0 spiro atoms. The third-order valence-electron chi connectivity index (χ3n) is 6.49. The first-order valence-corrected chi connectivity index (χ1v) is 11.1. The van der Waals surface area contributed by atoms with Crippen molar-refractivity contribution in [2.75, 3.05) is 6.54 Å². The van der Waals surface area contributed by atoms with Gasteiger partial charge in [-0.1, -0.05) is 42.5 Å². The van der Waals surface area contributed by atoms with Crippen LogP contribution >= 0.6 is 0 Å². The molecular formula is C26H27N3O3. The van der Waals surface area contributed by atoms with Gasteiger partial charge in [-0.2, -0.15) is 0 Å². The number of hydrogen-bond acceptors (Lipinski definition) is 5. The van der Waals surface area contributed by atoms with Crippen molar-refractivity contribution in [3.05, 3.63) is 95.8 Å². The first-order valence-electron chi connectivity index (χ1n) is 11.1. The van der Waals surface area contributed by atoms with Gasteiger partial charge in [0.2, 0.25) is 0 Å². The number of pyridine rings is 1. The second-order valence-corrected chi connectivity index (χ2v) is 8.50. The molecule has 2 aromatic carbocycles. The molecule has 1 aliphatic carbocycles. The molecule has 32 heavy (non-hydrogen) atoms. The zero-order valence-electron chi connectivity index (χ0n) is 17.8. The highest BCUT2D eigenvalue weighted by Gasteiger charge is 2.48. The van der Waals surface area contributed by atoms with Crippen molar-refractivity contribution in [2.24, 2.45) is 0 Å². The Morgan fingerprint density at radius 2 is 1.81 bits per heavy atom. The summed E-state index contributed by atoms with van der Waals surface area (Å²) in [7, 11) is 0. The van der Waals surface area contributed by atoms with Crippen LogP contribution in [0.25, 0.3) is 0 Å². The Bertz CT molecular complexity index is 1060. The van der Waals surface area contributed by atoms with E-state index in [-0.39, 0.29) is 18.0 Å². The lowest BCUT2D eigenvalue weighted by molar-refractivity contribution is 0.00249. The number of aliphatic hydroxyl groups is 1. The van der Waals surface area contributed by atoms with Gasteiger partial charge >= 0.3 is 0 Å². The van der Waals surface area contributed by atoms with E-state index in [1.54, 1.807) is 24.5 Å². The SMILES string of the molecule is O=C(N[C@@H]1C[C@@H](Oc2cccnc2)[C@H](O)[C@H]1N1CCc2ccccc2C1)c1ccccc1. The Hall–Kier alpha value is -3.22. The van der Waals surface area contributed by atoms with Crippen molar-refractivity contribution < 1.29 is 14.6 Å². The quantitative estimate of drug-likeness (QED) is 0.653. The lowest BCUT2D eigenvalue weighted by Gasteiger charge is -2.38. The van der Waals surface area contributed by atoms with E-state index in [0.29, 0.717) is 17.7 Å². The summed E-state index contributed by atoms with van der Waals surface area (Å²) in [5.41, 5.74) is 3.24. The molecule has 6 nitrogen and oxygen atoms in total. The van der Waals surface area contributed by atoms with E-state index in [4.69, 9.17) is 4.74 Å². The monoisotopic (exact) mass is 429 g/mol. The fourth-order valence-electron chi connectivity index (χ4n) is 4.92. The number of fused-ring (bicyclic) bond motifs is 1. The topological polar surface area (TPSA) is 74.7 Å². The molecule has 2 aliphatic rings. The molecule has 1 fully saturated rings. The van der Waals surface area contributed by atoms with Crippen LogP contribution in [0.15, 0.2) is 79.1 Å². The van der Waals surface area contributed by atoms with E-state index in [1.165, 1.54) is 11.1 Å². The minimum Gasteiger partial charge on any atom is -0.486 e. The molecule has 1 amide bonds. The number of aromatic nitrogens is 1. The predicted octanol–water partition coefficient (Wildman–Crippen LogP) is 2.82. The summed E-state index contributed by atoms with van der Waals surface area (Å²) in [6, 6.07) is 20.8.